The fraction of sp³-hybridized carbons (Fsp3) is 0.364. The highest BCUT2D eigenvalue weighted by Gasteiger charge is 2.32. The first-order chi connectivity index (χ1) is 15.9. The largest absolute Gasteiger partial charge is 0.417 e. The molecule has 2 unspecified atom stereocenters. The standard InChI is InChI=1S/C20H19F3N8.C2H6/c1-12-18(13-8-27-28-9-13)24-6-7-30(12)17-4-5-25-19(29-17)15-10-26-16-3-2-14(11-31(15)16)20(21,22)23;1-2/h2-5,8-12,18,24H,6-7H2,1H3,(H,27,28);1-2H3. The molecule has 0 radical (unpaired) electrons. The third-order valence-corrected chi connectivity index (χ3v) is 5.57. The van der Waals surface area contributed by atoms with Gasteiger partial charge in [0.1, 0.15) is 17.2 Å². The van der Waals surface area contributed by atoms with Crippen LogP contribution in [0.1, 0.15) is 37.9 Å². The summed E-state index contributed by atoms with van der Waals surface area (Å²) in [7, 11) is 0. The molecule has 1 saturated heterocycles. The maximum Gasteiger partial charge on any atom is 0.417 e. The average molecular weight is 458 g/mol. The summed E-state index contributed by atoms with van der Waals surface area (Å²) in [6, 6.07) is 4.30. The van der Waals surface area contributed by atoms with E-state index in [1.165, 1.54) is 16.7 Å². The zero-order chi connectivity index (χ0) is 23.6. The molecule has 0 aromatic carbocycles. The van der Waals surface area contributed by atoms with Crippen LogP contribution in [0.4, 0.5) is 19.0 Å². The number of aromatic nitrogens is 6. The Morgan fingerprint density at radius 1 is 1.09 bits per heavy atom. The van der Waals surface area contributed by atoms with E-state index >= 15 is 0 Å². The van der Waals surface area contributed by atoms with Crippen molar-refractivity contribution in [2.45, 2.75) is 39.0 Å². The number of halogens is 3. The van der Waals surface area contributed by atoms with E-state index in [0.717, 1.165) is 30.9 Å². The van der Waals surface area contributed by atoms with Gasteiger partial charge in [-0.25, -0.2) is 15.0 Å². The maximum absolute atomic E-state index is 13.2. The predicted octanol–water partition coefficient (Wildman–Crippen LogP) is 4.10. The molecule has 0 spiro atoms. The molecular formula is C22H25F3N8. The molecule has 8 nitrogen and oxygen atoms in total. The first-order valence-corrected chi connectivity index (χ1v) is 10.8. The highest BCUT2D eigenvalue weighted by atomic mass is 19.4. The molecule has 4 aromatic rings. The number of pyridine rings is 1. The van der Waals surface area contributed by atoms with E-state index in [0.29, 0.717) is 23.0 Å². The summed E-state index contributed by atoms with van der Waals surface area (Å²) in [5.41, 5.74) is 1.09. The number of aromatic amines is 1. The number of rotatable bonds is 3. The van der Waals surface area contributed by atoms with Crippen LogP contribution >= 0.6 is 0 Å². The molecule has 5 rings (SSSR count). The lowest BCUT2D eigenvalue weighted by molar-refractivity contribution is -0.137. The zero-order valence-corrected chi connectivity index (χ0v) is 18.5. The summed E-state index contributed by atoms with van der Waals surface area (Å²) in [5, 5.41) is 10.4. The van der Waals surface area contributed by atoms with E-state index in [9.17, 15) is 13.2 Å². The molecule has 0 saturated carbocycles. The first-order valence-electron chi connectivity index (χ1n) is 10.8. The lowest BCUT2D eigenvalue weighted by atomic mass is 10.00. The topological polar surface area (TPSA) is 87.0 Å². The van der Waals surface area contributed by atoms with Crippen LogP contribution in [0.2, 0.25) is 0 Å². The lowest BCUT2D eigenvalue weighted by Crippen LogP contribution is -2.52. The van der Waals surface area contributed by atoms with Gasteiger partial charge in [-0.3, -0.25) is 9.50 Å². The van der Waals surface area contributed by atoms with Gasteiger partial charge in [-0.15, -0.1) is 0 Å². The Labute approximate surface area is 188 Å². The number of nitrogens with zero attached hydrogens (tertiary/aromatic N) is 6. The molecule has 1 fully saturated rings. The smallest absolute Gasteiger partial charge is 0.351 e. The van der Waals surface area contributed by atoms with Crippen LogP contribution in [-0.2, 0) is 6.18 Å². The predicted molar refractivity (Wildman–Crippen MR) is 119 cm³/mol. The minimum absolute atomic E-state index is 0.0658. The molecule has 1 aliphatic heterocycles. The Morgan fingerprint density at radius 2 is 1.91 bits per heavy atom. The molecular weight excluding hydrogens is 433 g/mol. The first kappa shape index (κ1) is 22.7. The number of hydrogen-bond acceptors (Lipinski definition) is 6. The number of anilines is 1. The van der Waals surface area contributed by atoms with Gasteiger partial charge >= 0.3 is 6.18 Å². The summed E-state index contributed by atoms with van der Waals surface area (Å²) in [6.07, 6.45) is 3.34. The third-order valence-electron chi connectivity index (χ3n) is 5.57. The summed E-state index contributed by atoms with van der Waals surface area (Å²) in [6.45, 7) is 7.58. The van der Waals surface area contributed by atoms with Crippen molar-refractivity contribution in [3.8, 4) is 11.5 Å². The molecule has 174 valence electrons. The molecule has 0 bridgehead atoms. The molecule has 0 amide bonds. The van der Waals surface area contributed by atoms with Gasteiger partial charge in [-0.05, 0) is 25.1 Å². The van der Waals surface area contributed by atoms with E-state index in [4.69, 9.17) is 0 Å². The van der Waals surface area contributed by atoms with E-state index in [-0.39, 0.29) is 12.1 Å². The van der Waals surface area contributed by atoms with Crippen LogP contribution in [0.5, 0.6) is 0 Å². The van der Waals surface area contributed by atoms with Crippen LogP contribution in [0.3, 0.4) is 0 Å². The number of hydrogen-bond donors (Lipinski definition) is 2. The van der Waals surface area contributed by atoms with Crippen LogP contribution in [-0.4, -0.2) is 48.7 Å². The molecule has 33 heavy (non-hydrogen) atoms. The fourth-order valence-electron chi connectivity index (χ4n) is 3.99. The Balaban J connectivity index is 0.00000126. The van der Waals surface area contributed by atoms with Gasteiger partial charge in [0, 0.05) is 43.3 Å². The number of alkyl halides is 3. The summed E-state index contributed by atoms with van der Waals surface area (Å²) in [4.78, 5) is 15.3. The van der Waals surface area contributed by atoms with Gasteiger partial charge in [0.15, 0.2) is 5.82 Å². The normalized spacial score (nSPS) is 18.8. The molecule has 0 aliphatic carbocycles. The van der Waals surface area contributed by atoms with E-state index in [1.54, 1.807) is 12.4 Å². The SMILES string of the molecule is CC.CC1C(c2cn[nH]c2)NCCN1c1ccnc(-c2cnc3ccc(C(F)(F)F)cn23)n1. The highest BCUT2D eigenvalue weighted by Crippen LogP contribution is 2.31. The van der Waals surface area contributed by atoms with Crippen molar-refractivity contribution in [2.75, 3.05) is 18.0 Å². The molecule has 11 heteroatoms. The lowest BCUT2D eigenvalue weighted by Gasteiger charge is -2.40. The van der Waals surface area contributed by atoms with Crippen molar-refractivity contribution in [1.82, 2.24) is 34.9 Å². The van der Waals surface area contributed by atoms with Crippen molar-refractivity contribution < 1.29 is 13.2 Å². The number of fused-ring (bicyclic) bond motifs is 1. The van der Waals surface area contributed by atoms with E-state index in [2.05, 4.69) is 42.3 Å². The minimum atomic E-state index is -4.45. The molecule has 5 heterocycles. The summed E-state index contributed by atoms with van der Waals surface area (Å²) >= 11 is 0. The second-order valence-electron chi connectivity index (χ2n) is 7.42. The van der Waals surface area contributed by atoms with Gasteiger partial charge in [0.25, 0.3) is 0 Å². The maximum atomic E-state index is 13.2. The molecule has 1 aliphatic rings. The second kappa shape index (κ2) is 9.18. The highest BCUT2D eigenvalue weighted by molar-refractivity contribution is 5.59. The van der Waals surface area contributed by atoms with Crippen molar-refractivity contribution in [3.63, 3.8) is 0 Å². The summed E-state index contributed by atoms with van der Waals surface area (Å²) in [5.74, 6) is 1.02. The second-order valence-corrected chi connectivity index (χ2v) is 7.42. The van der Waals surface area contributed by atoms with Gasteiger partial charge in [0.2, 0.25) is 0 Å². The number of imidazole rings is 1. The minimum Gasteiger partial charge on any atom is -0.351 e. The molecule has 4 aromatic heterocycles. The molecule has 2 N–H and O–H groups in total. The quantitative estimate of drug-likeness (QED) is 0.481. The van der Waals surface area contributed by atoms with Crippen LogP contribution in [0, 0.1) is 0 Å². The van der Waals surface area contributed by atoms with E-state index < -0.39 is 11.7 Å². The summed E-state index contributed by atoms with van der Waals surface area (Å²) < 4.78 is 40.9. The van der Waals surface area contributed by atoms with Crippen molar-refractivity contribution in [2.24, 2.45) is 0 Å². The zero-order valence-electron chi connectivity index (χ0n) is 18.5. The Morgan fingerprint density at radius 3 is 2.64 bits per heavy atom. The van der Waals surface area contributed by atoms with E-state index in [1.807, 2.05) is 26.1 Å². The van der Waals surface area contributed by atoms with Crippen molar-refractivity contribution >= 4 is 11.5 Å². The van der Waals surface area contributed by atoms with Crippen molar-refractivity contribution in [1.29, 1.82) is 0 Å². The average Bonchev–Trinajstić information content (AvgIpc) is 3.50. The number of nitrogens with one attached hydrogen (secondary N) is 2. The Kier molecular flexibility index (Phi) is 6.32. The van der Waals surface area contributed by atoms with Crippen molar-refractivity contribution in [3.05, 3.63) is 60.3 Å². The number of H-pyrrole nitrogens is 1. The van der Waals surface area contributed by atoms with Gasteiger partial charge in [0.05, 0.1) is 24.0 Å². The van der Waals surface area contributed by atoms with Crippen LogP contribution in [0.15, 0.2) is 49.2 Å². The van der Waals surface area contributed by atoms with Gasteiger partial charge in [-0.1, -0.05) is 13.8 Å². The molecule has 2 atom stereocenters. The number of piperazine rings is 1. The fourth-order valence-corrected chi connectivity index (χ4v) is 3.99. The van der Waals surface area contributed by atoms with Gasteiger partial charge in [-0.2, -0.15) is 18.3 Å². The Bertz CT molecular complexity index is 1200. The Hall–Kier alpha value is -3.47. The van der Waals surface area contributed by atoms with Gasteiger partial charge < -0.3 is 10.2 Å². The van der Waals surface area contributed by atoms with Crippen LogP contribution < -0.4 is 10.2 Å². The third kappa shape index (κ3) is 4.40. The monoisotopic (exact) mass is 458 g/mol. The van der Waals surface area contributed by atoms with Crippen LogP contribution in [0.25, 0.3) is 17.2 Å².